The fraction of sp³-hybridized carbons (Fsp3) is 0.500. The number of rotatable bonds is 4. The van der Waals surface area contributed by atoms with E-state index >= 15 is 0 Å². The summed E-state index contributed by atoms with van der Waals surface area (Å²) >= 11 is 3.46. The lowest BCUT2D eigenvalue weighted by Crippen LogP contribution is -2.63. The Morgan fingerprint density at radius 3 is 2.04 bits per heavy atom. The van der Waals surface area contributed by atoms with E-state index in [1.165, 1.54) is 0 Å². The van der Waals surface area contributed by atoms with Crippen molar-refractivity contribution in [3.63, 3.8) is 0 Å². The van der Waals surface area contributed by atoms with Gasteiger partial charge in [0.05, 0.1) is 10.8 Å². The molecule has 25 heavy (non-hydrogen) atoms. The van der Waals surface area contributed by atoms with Crippen molar-refractivity contribution in [3.8, 4) is 0 Å². The maximum absolute atomic E-state index is 13.1. The molecule has 130 valence electrons. The number of primary amides is 2. The summed E-state index contributed by atoms with van der Waals surface area (Å²) in [6.45, 7) is 0. The molecule has 0 saturated heterocycles. The lowest BCUT2D eigenvalue weighted by Gasteiger charge is -2.48. The summed E-state index contributed by atoms with van der Waals surface area (Å²) in [4.78, 5) is 26.2. The standard InChI is InChI=1S/C20H21BrN2O2/c21-13-5-3-12(4-6-13)20(17(23)25)15-8-7-14(18(15)9-10-18)19(20,16(22)24)11-1-2-11/h3-8,11,14-15H,1-2,9-10H2,(H2,22,24)(H2,23,25)/t14-,15+,19+,20-/m1/s1. The highest BCUT2D eigenvalue weighted by Crippen LogP contribution is 2.83. The van der Waals surface area contributed by atoms with Crippen LogP contribution < -0.4 is 11.5 Å². The normalized spacial score (nSPS) is 39.7. The lowest BCUT2D eigenvalue weighted by atomic mass is 9.52. The quantitative estimate of drug-likeness (QED) is 0.760. The molecule has 4 aliphatic carbocycles. The first kappa shape index (κ1) is 15.6. The van der Waals surface area contributed by atoms with E-state index in [9.17, 15) is 9.59 Å². The fourth-order valence-corrected chi connectivity index (χ4v) is 6.81. The first-order valence-corrected chi connectivity index (χ1v) is 9.76. The van der Waals surface area contributed by atoms with Gasteiger partial charge in [0.25, 0.3) is 0 Å². The molecule has 2 bridgehead atoms. The largest absolute Gasteiger partial charge is 0.369 e. The molecule has 5 heteroatoms. The predicted molar refractivity (Wildman–Crippen MR) is 97.2 cm³/mol. The van der Waals surface area contributed by atoms with Gasteiger partial charge in [0.1, 0.15) is 0 Å². The Morgan fingerprint density at radius 1 is 0.960 bits per heavy atom. The number of halogens is 1. The lowest BCUT2D eigenvalue weighted by molar-refractivity contribution is -0.145. The number of allylic oxidation sites excluding steroid dienone is 2. The zero-order valence-corrected chi connectivity index (χ0v) is 15.5. The summed E-state index contributed by atoms with van der Waals surface area (Å²) in [6, 6.07) is 7.74. The Labute approximate surface area is 155 Å². The number of carbonyl (C=O) groups is 2. The highest BCUT2D eigenvalue weighted by Gasteiger charge is 2.85. The molecule has 1 aromatic rings. The highest BCUT2D eigenvalue weighted by atomic mass is 79.9. The number of hydrogen-bond acceptors (Lipinski definition) is 2. The molecule has 4 nitrogen and oxygen atoms in total. The highest BCUT2D eigenvalue weighted by molar-refractivity contribution is 9.10. The van der Waals surface area contributed by atoms with Crippen molar-refractivity contribution in [3.05, 3.63) is 46.5 Å². The molecule has 2 amide bonds. The summed E-state index contributed by atoms with van der Waals surface area (Å²) in [7, 11) is 0. The van der Waals surface area contributed by atoms with Gasteiger partial charge in [-0.25, -0.2) is 0 Å². The SMILES string of the molecule is NC(=O)[C@]1(C2CC2)[C@@H]2C=C[C@@H](C23CC3)[C@@]1(C(N)=O)c1ccc(Br)cc1. The Kier molecular flexibility index (Phi) is 2.85. The van der Waals surface area contributed by atoms with Crippen molar-refractivity contribution in [2.75, 3.05) is 0 Å². The van der Waals surface area contributed by atoms with Crippen LogP contribution in [-0.4, -0.2) is 11.8 Å². The molecular weight excluding hydrogens is 380 g/mol. The van der Waals surface area contributed by atoms with E-state index in [2.05, 4.69) is 28.1 Å². The van der Waals surface area contributed by atoms with Crippen LogP contribution in [0.3, 0.4) is 0 Å². The zero-order valence-electron chi connectivity index (χ0n) is 13.9. The fourth-order valence-electron chi connectivity index (χ4n) is 6.54. The van der Waals surface area contributed by atoms with Gasteiger partial charge in [0.15, 0.2) is 0 Å². The van der Waals surface area contributed by atoms with Gasteiger partial charge in [0, 0.05) is 10.4 Å². The maximum Gasteiger partial charge on any atom is 0.229 e. The van der Waals surface area contributed by atoms with Crippen molar-refractivity contribution in [1.29, 1.82) is 0 Å². The van der Waals surface area contributed by atoms with Crippen LogP contribution >= 0.6 is 15.9 Å². The minimum Gasteiger partial charge on any atom is -0.369 e. The number of benzene rings is 1. The van der Waals surface area contributed by atoms with Crippen LogP contribution in [0.4, 0.5) is 0 Å². The predicted octanol–water partition coefficient (Wildman–Crippen LogP) is 2.65. The molecule has 0 aromatic heterocycles. The van der Waals surface area contributed by atoms with Crippen LogP contribution in [0, 0.1) is 28.6 Å². The third-order valence-corrected chi connectivity index (χ3v) is 8.02. The van der Waals surface area contributed by atoms with E-state index in [0.29, 0.717) is 0 Å². The van der Waals surface area contributed by atoms with E-state index in [4.69, 9.17) is 11.5 Å². The molecule has 4 atom stereocenters. The molecule has 4 N–H and O–H groups in total. The van der Waals surface area contributed by atoms with Gasteiger partial charge in [-0.15, -0.1) is 0 Å². The van der Waals surface area contributed by atoms with Crippen LogP contribution in [0.2, 0.25) is 0 Å². The molecular formula is C20H21BrN2O2. The molecule has 1 aromatic carbocycles. The summed E-state index contributed by atoms with van der Waals surface area (Å²) < 4.78 is 0.937. The average Bonchev–Trinajstić information content (AvgIpc) is 3.46. The molecule has 3 fully saturated rings. The van der Waals surface area contributed by atoms with Crippen molar-refractivity contribution in [1.82, 2.24) is 0 Å². The third kappa shape index (κ3) is 1.51. The van der Waals surface area contributed by atoms with Gasteiger partial charge >= 0.3 is 0 Å². The monoisotopic (exact) mass is 400 g/mol. The van der Waals surface area contributed by atoms with Crippen molar-refractivity contribution < 1.29 is 9.59 Å². The molecule has 5 rings (SSSR count). The first-order valence-electron chi connectivity index (χ1n) is 8.96. The van der Waals surface area contributed by atoms with E-state index < -0.39 is 16.7 Å². The van der Waals surface area contributed by atoms with Gasteiger partial charge in [0.2, 0.25) is 11.8 Å². The van der Waals surface area contributed by atoms with E-state index in [0.717, 1.165) is 35.7 Å². The van der Waals surface area contributed by atoms with Crippen molar-refractivity contribution in [2.45, 2.75) is 31.1 Å². The summed E-state index contributed by atoms with van der Waals surface area (Å²) in [5.74, 6) is -0.593. The molecule has 0 aliphatic heterocycles. The van der Waals surface area contributed by atoms with Gasteiger partial charge in [-0.05, 0) is 60.6 Å². The number of carbonyl (C=O) groups excluding carboxylic acids is 2. The molecule has 1 spiro atoms. The molecule has 0 radical (unpaired) electrons. The van der Waals surface area contributed by atoms with Crippen molar-refractivity contribution in [2.24, 2.45) is 40.1 Å². The van der Waals surface area contributed by atoms with Gasteiger partial charge in [-0.1, -0.05) is 40.2 Å². The number of nitrogens with two attached hydrogens (primary N) is 2. The van der Waals surface area contributed by atoms with Crippen LogP contribution in [0.5, 0.6) is 0 Å². The second kappa shape index (κ2) is 4.56. The van der Waals surface area contributed by atoms with Crippen molar-refractivity contribution >= 4 is 27.7 Å². The van der Waals surface area contributed by atoms with Gasteiger partial charge in [-0.3, -0.25) is 9.59 Å². The first-order chi connectivity index (χ1) is 11.9. The van der Waals surface area contributed by atoms with Gasteiger partial charge < -0.3 is 11.5 Å². The van der Waals surface area contributed by atoms with Crippen LogP contribution in [0.15, 0.2) is 40.9 Å². The molecule has 4 aliphatic rings. The maximum atomic E-state index is 13.1. The van der Waals surface area contributed by atoms with E-state index in [1.54, 1.807) is 0 Å². The number of hydrogen-bond donors (Lipinski definition) is 2. The van der Waals surface area contributed by atoms with Crippen LogP contribution in [-0.2, 0) is 15.0 Å². The van der Waals surface area contributed by atoms with Gasteiger partial charge in [-0.2, -0.15) is 0 Å². The van der Waals surface area contributed by atoms with E-state index in [-0.39, 0.29) is 29.1 Å². The topological polar surface area (TPSA) is 86.2 Å². The van der Waals surface area contributed by atoms with Crippen LogP contribution in [0.1, 0.15) is 31.2 Å². The smallest absolute Gasteiger partial charge is 0.229 e. The zero-order chi connectivity index (χ0) is 17.6. The Balaban J connectivity index is 1.86. The summed E-state index contributed by atoms with van der Waals surface area (Å²) in [6.07, 6.45) is 8.30. The minimum atomic E-state index is -1.03. The Morgan fingerprint density at radius 2 is 1.56 bits per heavy atom. The second-order valence-corrected chi connectivity index (χ2v) is 9.18. The molecule has 0 heterocycles. The third-order valence-electron chi connectivity index (χ3n) is 7.49. The Bertz CT molecular complexity index is 825. The number of amides is 2. The Hall–Kier alpha value is -1.62. The van der Waals surface area contributed by atoms with E-state index in [1.807, 2.05) is 24.3 Å². The van der Waals surface area contributed by atoms with Crippen LogP contribution in [0.25, 0.3) is 0 Å². The average molecular weight is 401 g/mol. The second-order valence-electron chi connectivity index (χ2n) is 8.26. The summed E-state index contributed by atoms with van der Waals surface area (Å²) in [5.41, 5.74) is 11.2. The summed E-state index contributed by atoms with van der Waals surface area (Å²) in [5, 5.41) is 0. The minimum absolute atomic E-state index is 0.000274. The molecule has 3 saturated carbocycles. The molecule has 0 unspecified atom stereocenters.